The molecular formula is C18H29NO. The molecule has 0 radical (unpaired) electrons. The first-order valence-corrected chi connectivity index (χ1v) is 8.07. The van der Waals surface area contributed by atoms with E-state index >= 15 is 0 Å². The van der Waals surface area contributed by atoms with Crippen molar-refractivity contribution in [3.8, 4) is 0 Å². The summed E-state index contributed by atoms with van der Waals surface area (Å²) in [6, 6.07) is 10.9. The van der Waals surface area contributed by atoms with E-state index in [4.69, 9.17) is 4.74 Å². The summed E-state index contributed by atoms with van der Waals surface area (Å²) >= 11 is 0. The lowest BCUT2D eigenvalue weighted by atomic mass is 9.81. The molecule has 1 aromatic rings. The van der Waals surface area contributed by atoms with Crippen LogP contribution in [0.25, 0.3) is 0 Å². The van der Waals surface area contributed by atoms with Crippen LogP contribution >= 0.6 is 0 Å². The molecule has 0 saturated heterocycles. The first-order chi connectivity index (χ1) is 9.79. The molecule has 1 atom stereocenters. The molecule has 1 aromatic carbocycles. The molecule has 1 aliphatic rings. The monoisotopic (exact) mass is 275 g/mol. The normalized spacial score (nSPS) is 24.5. The predicted octanol–water partition coefficient (Wildman–Crippen LogP) is 4.18. The Balaban J connectivity index is 1.75. The minimum Gasteiger partial charge on any atom is -0.383 e. The standard InChI is InChI=1S/C18H29NO/c1-15-8-10-16(11-9-15)12-13-19-18(14-20-2)17-6-4-3-5-7-17/h3-7,15-16,18-19H,8-14H2,1-2H3. The molecule has 0 bridgehead atoms. The second-order valence-corrected chi connectivity index (χ2v) is 6.29. The van der Waals surface area contributed by atoms with Gasteiger partial charge in [0.05, 0.1) is 12.6 Å². The number of methoxy groups -OCH3 is 1. The molecule has 0 aliphatic heterocycles. The average Bonchev–Trinajstić information content (AvgIpc) is 2.49. The molecule has 112 valence electrons. The second-order valence-electron chi connectivity index (χ2n) is 6.29. The van der Waals surface area contributed by atoms with Crippen LogP contribution < -0.4 is 5.32 Å². The lowest BCUT2D eigenvalue weighted by Gasteiger charge is -2.27. The Morgan fingerprint density at radius 1 is 1.15 bits per heavy atom. The van der Waals surface area contributed by atoms with E-state index in [1.165, 1.54) is 37.7 Å². The van der Waals surface area contributed by atoms with Crippen molar-refractivity contribution in [2.45, 2.75) is 45.1 Å². The number of nitrogens with one attached hydrogen (secondary N) is 1. The van der Waals surface area contributed by atoms with Gasteiger partial charge in [0.15, 0.2) is 0 Å². The zero-order valence-corrected chi connectivity index (χ0v) is 13.0. The second kappa shape index (κ2) is 8.43. The van der Waals surface area contributed by atoms with E-state index in [9.17, 15) is 0 Å². The molecule has 2 heteroatoms. The average molecular weight is 275 g/mol. The van der Waals surface area contributed by atoms with E-state index in [1.54, 1.807) is 7.11 Å². The molecule has 2 rings (SSSR count). The van der Waals surface area contributed by atoms with Crippen LogP contribution in [0.1, 0.15) is 50.6 Å². The SMILES string of the molecule is COCC(NCCC1CCC(C)CC1)c1ccccc1. The summed E-state index contributed by atoms with van der Waals surface area (Å²) in [7, 11) is 1.78. The van der Waals surface area contributed by atoms with Crippen molar-refractivity contribution < 1.29 is 4.74 Å². The Morgan fingerprint density at radius 2 is 1.85 bits per heavy atom. The lowest BCUT2D eigenvalue weighted by molar-refractivity contribution is 0.164. The van der Waals surface area contributed by atoms with Crippen LogP contribution in [0.4, 0.5) is 0 Å². The smallest absolute Gasteiger partial charge is 0.0657 e. The maximum Gasteiger partial charge on any atom is 0.0657 e. The topological polar surface area (TPSA) is 21.3 Å². The van der Waals surface area contributed by atoms with Gasteiger partial charge in [-0.05, 0) is 30.4 Å². The van der Waals surface area contributed by atoms with Crippen molar-refractivity contribution in [2.24, 2.45) is 11.8 Å². The number of hydrogen-bond acceptors (Lipinski definition) is 2. The molecule has 1 aliphatic carbocycles. The third kappa shape index (κ3) is 4.92. The van der Waals surface area contributed by atoms with Gasteiger partial charge in [-0.1, -0.05) is 62.9 Å². The van der Waals surface area contributed by atoms with Crippen molar-refractivity contribution in [3.05, 3.63) is 35.9 Å². The van der Waals surface area contributed by atoms with E-state index in [-0.39, 0.29) is 0 Å². The van der Waals surface area contributed by atoms with E-state index < -0.39 is 0 Å². The highest BCUT2D eigenvalue weighted by Gasteiger charge is 2.18. The molecule has 0 heterocycles. The molecule has 1 saturated carbocycles. The third-order valence-electron chi connectivity index (χ3n) is 4.61. The van der Waals surface area contributed by atoms with Crippen LogP contribution in [0.2, 0.25) is 0 Å². The maximum absolute atomic E-state index is 5.35. The highest BCUT2D eigenvalue weighted by molar-refractivity contribution is 5.18. The highest BCUT2D eigenvalue weighted by Crippen LogP contribution is 2.30. The molecule has 0 aromatic heterocycles. The van der Waals surface area contributed by atoms with E-state index in [0.29, 0.717) is 6.04 Å². The summed E-state index contributed by atoms with van der Waals surface area (Å²) in [5.74, 6) is 1.88. The summed E-state index contributed by atoms with van der Waals surface area (Å²) < 4.78 is 5.35. The van der Waals surface area contributed by atoms with Gasteiger partial charge in [-0.25, -0.2) is 0 Å². The van der Waals surface area contributed by atoms with Gasteiger partial charge < -0.3 is 10.1 Å². The molecular weight excluding hydrogens is 246 g/mol. The van der Waals surface area contributed by atoms with Crippen LogP contribution in [-0.2, 0) is 4.74 Å². The summed E-state index contributed by atoms with van der Waals surface area (Å²) in [4.78, 5) is 0. The quantitative estimate of drug-likeness (QED) is 0.806. The number of rotatable bonds is 7. The predicted molar refractivity (Wildman–Crippen MR) is 84.8 cm³/mol. The van der Waals surface area contributed by atoms with Gasteiger partial charge in [0, 0.05) is 7.11 Å². The summed E-state index contributed by atoms with van der Waals surface area (Å²) in [5, 5.41) is 3.67. The fourth-order valence-electron chi connectivity index (χ4n) is 3.20. The van der Waals surface area contributed by atoms with Gasteiger partial charge in [-0.15, -0.1) is 0 Å². The minimum absolute atomic E-state index is 0.323. The molecule has 0 amide bonds. The zero-order chi connectivity index (χ0) is 14.2. The Morgan fingerprint density at radius 3 is 2.50 bits per heavy atom. The molecule has 0 spiro atoms. The van der Waals surface area contributed by atoms with Gasteiger partial charge in [0.2, 0.25) is 0 Å². The van der Waals surface area contributed by atoms with E-state index in [1.807, 2.05) is 0 Å². The van der Waals surface area contributed by atoms with Crippen molar-refractivity contribution in [1.82, 2.24) is 5.32 Å². The summed E-state index contributed by atoms with van der Waals surface area (Å²) in [6.45, 7) is 4.23. The molecule has 2 nitrogen and oxygen atoms in total. The highest BCUT2D eigenvalue weighted by atomic mass is 16.5. The fourth-order valence-corrected chi connectivity index (χ4v) is 3.20. The van der Waals surface area contributed by atoms with Crippen molar-refractivity contribution in [2.75, 3.05) is 20.3 Å². The van der Waals surface area contributed by atoms with Crippen molar-refractivity contribution >= 4 is 0 Å². The van der Waals surface area contributed by atoms with Gasteiger partial charge in [-0.2, -0.15) is 0 Å². The molecule has 1 N–H and O–H groups in total. The van der Waals surface area contributed by atoms with Gasteiger partial charge >= 0.3 is 0 Å². The molecule has 20 heavy (non-hydrogen) atoms. The molecule has 1 unspecified atom stereocenters. The summed E-state index contributed by atoms with van der Waals surface area (Å²) in [6.07, 6.45) is 6.99. The Hall–Kier alpha value is -0.860. The Labute approximate surface area is 123 Å². The maximum atomic E-state index is 5.35. The number of ether oxygens (including phenoxy) is 1. The van der Waals surface area contributed by atoms with Crippen LogP contribution in [0, 0.1) is 11.8 Å². The summed E-state index contributed by atoms with van der Waals surface area (Å²) in [5.41, 5.74) is 1.33. The molecule has 1 fully saturated rings. The first kappa shape index (κ1) is 15.5. The van der Waals surface area contributed by atoms with Crippen molar-refractivity contribution in [1.29, 1.82) is 0 Å². The Bertz CT molecular complexity index is 357. The fraction of sp³-hybridized carbons (Fsp3) is 0.667. The zero-order valence-electron chi connectivity index (χ0n) is 13.0. The number of benzene rings is 1. The van der Waals surface area contributed by atoms with E-state index in [0.717, 1.165) is 25.0 Å². The lowest BCUT2D eigenvalue weighted by Crippen LogP contribution is -2.28. The van der Waals surface area contributed by atoms with Crippen LogP contribution in [0.3, 0.4) is 0 Å². The van der Waals surface area contributed by atoms with Crippen LogP contribution in [-0.4, -0.2) is 20.3 Å². The van der Waals surface area contributed by atoms with Gasteiger partial charge in [-0.3, -0.25) is 0 Å². The van der Waals surface area contributed by atoms with Gasteiger partial charge in [0.25, 0.3) is 0 Å². The number of hydrogen-bond donors (Lipinski definition) is 1. The first-order valence-electron chi connectivity index (χ1n) is 8.07. The largest absolute Gasteiger partial charge is 0.383 e. The van der Waals surface area contributed by atoms with Crippen LogP contribution in [0.15, 0.2) is 30.3 Å². The van der Waals surface area contributed by atoms with Crippen LogP contribution in [0.5, 0.6) is 0 Å². The Kier molecular flexibility index (Phi) is 6.55. The van der Waals surface area contributed by atoms with Gasteiger partial charge in [0.1, 0.15) is 0 Å². The van der Waals surface area contributed by atoms with Crippen molar-refractivity contribution in [3.63, 3.8) is 0 Å². The third-order valence-corrected chi connectivity index (χ3v) is 4.61. The van der Waals surface area contributed by atoms with E-state index in [2.05, 4.69) is 42.6 Å². The minimum atomic E-state index is 0.323.